The van der Waals surface area contributed by atoms with Gasteiger partial charge in [0.05, 0.1) is 0 Å². The van der Waals surface area contributed by atoms with E-state index in [2.05, 4.69) is 13.2 Å². The average Bonchev–Trinajstić information content (AvgIpc) is 1.98. The second kappa shape index (κ2) is 4.50. The number of allylic oxidation sites excluding steroid dienone is 3. The lowest BCUT2D eigenvalue weighted by Gasteiger charge is -2.03. The van der Waals surface area contributed by atoms with E-state index in [9.17, 15) is 4.79 Å². The van der Waals surface area contributed by atoms with Crippen LogP contribution in [-0.4, -0.2) is 11.1 Å². The van der Waals surface area contributed by atoms with Gasteiger partial charge < -0.3 is 5.11 Å². The van der Waals surface area contributed by atoms with E-state index in [0.717, 1.165) is 0 Å². The van der Waals surface area contributed by atoms with E-state index in [1.165, 1.54) is 0 Å². The van der Waals surface area contributed by atoms with Gasteiger partial charge in [0.2, 0.25) is 0 Å². The van der Waals surface area contributed by atoms with Crippen LogP contribution in [0.15, 0.2) is 37.0 Å². The van der Waals surface area contributed by atoms with E-state index < -0.39 is 5.97 Å². The van der Waals surface area contributed by atoms with E-state index in [1.54, 1.807) is 25.2 Å². The molecule has 0 aromatic heterocycles. The van der Waals surface area contributed by atoms with Crippen LogP contribution in [0.3, 0.4) is 0 Å². The number of aliphatic carboxylic acids is 1. The molecule has 1 unspecified atom stereocenters. The summed E-state index contributed by atoms with van der Waals surface area (Å²) < 4.78 is 0. The second-order valence-corrected chi connectivity index (χ2v) is 2.24. The molecule has 0 heterocycles. The molecule has 0 aromatic carbocycles. The standard InChI is InChI=1S/C9H12O2/c1-4-5-6-7(2)8(3)9(10)11/h4-7H,1,3H2,2H3,(H,10,11). The van der Waals surface area contributed by atoms with Gasteiger partial charge in [-0.1, -0.05) is 38.3 Å². The maximum atomic E-state index is 10.3. The summed E-state index contributed by atoms with van der Waals surface area (Å²) in [7, 11) is 0. The van der Waals surface area contributed by atoms with Crippen LogP contribution in [0.4, 0.5) is 0 Å². The van der Waals surface area contributed by atoms with Crippen molar-refractivity contribution in [2.24, 2.45) is 5.92 Å². The summed E-state index contributed by atoms with van der Waals surface area (Å²) >= 11 is 0. The summed E-state index contributed by atoms with van der Waals surface area (Å²) in [6.07, 6.45) is 5.05. The van der Waals surface area contributed by atoms with E-state index in [0.29, 0.717) is 0 Å². The van der Waals surface area contributed by atoms with E-state index in [1.807, 2.05) is 0 Å². The molecule has 0 amide bonds. The van der Waals surface area contributed by atoms with Gasteiger partial charge in [0.1, 0.15) is 0 Å². The molecule has 0 fully saturated rings. The minimum atomic E-state index is -0.953. The van der Waals surface area contributed by atoms with E-state index in [-0.39, 0.29) is 11.5 Å². The van der Waals surface area contributed by atoms with Crippen molar-refractivity contribution in [3.8, 4) is 0 Å². The number of hydrogen-bond acceptors (Lipinski definition) is 1. The summed E-state index contributed by atoms with van der Waals surface area (Å²) in [5.74, 6) is -1.09. The van der Waals surface area contributed by atoms with Gasteiger partial charge in [-0.3, -0.25) is 0 Å². The molecular weight excluding hydrogens is 140 g/mol. The Labute approximate surface area is 66.5 Å². The zero-order valence-electron chi connectivity index (χ0n) is 6.58. The minimum absolute atomic E-state index is 0.134. The molecule has 11 heavy (non-hydrogen) atoms. The Bertz CT molecular complexity index is 202. The molecule has 0 aliphatic carbocycles. The quantitative estimate of drug-likeness (QED) is 0.494. The van der Waals surface area contributed by atoms with Gasteiger partial charge in [-0.05, 0) is 0 Å². The van der Waals surface area contributed by atoms with Gasteiger partial charge in [0, 0.05) is 11.5 Å². The summed E-state index contributed by atoms with van der Waals surface area (Å²) in [4.78, 5) is 10.3. The summed E-state index contributed by atoms with van der Waals surface area (Å²) in [6, 6.07) is 0. The first kappa shape index (κ1) is 9.69. The molecule has 0 spiro atoms. The molecule has 2 heteroatoms. The molecule has 0 saturated heterocycles. The van der Waals surface area contributed by atoms with Gasteiger partial charge in [-0.15, -0.1) is 0 Å². The van der Waals surface area contributed by atoms with Crippen LogP contribution < -0.4 is 0 Å². The zero-order chi connectivity index (χ0) is 8.85. The number of carbonyl (C=O) groups is 1. The third-order valence-corrected chi connectivity index (χ3v) is 1.36. The Morgan fingerprint density at radius 2 is 2.18 bits per heavy atom. The van der Waals surface area contributed by atoms with Crippen molar-refractivity contribution in [3.63, 3.8) is 0 Å². The van der Waals surface area contributed by atoms with Crippen LogP contribution in [0.1, 0.15) is 6.92 Å². The smallest absolute Gasteiger partial charge is 0.331 e. The zero-order valence-corrected chi connectivity index (χ0v) is 6.58. The Balaban J connectivity index is 4.13. The van der Waals surface area contributed by atoms with Gasteiger partial charge in [-0.25, -0.2) is 4.79 Å². The molecule has 0 aromatic rings. The molecule has 0 aliphatic rings. The molecule has 0 aliphatic heterocycles. The highest BCUT2D eigenvalue weighted by Crippen LogP contribution is 2.09. The van der Waals surface area contributed by atoms with Crippen LogP contribution in [0, 0.1) is 5.92 Å². The topological polar surface area (TPSA) is 37.3 Å². The Kier molecular flexibility index (Phi) is 3.96. The first-order chi connectivity index (χ1) is 5.09. The van der Waals surface area contributed by atoms with Crippen LogP contribution in [-0.2, 0) is 4.79 Å². The normalized spacial score (nSPS) is 12.8. The van der Waals surface area contributed by atoms with Crippen molar-refractivity contribution in [2.75, 3.05) is 0 Å². The summed E-state index contributed by atoms with van der Waals surface area (Å²) in [5, 5.41) is 8.49. The molecule has 1 atom stereocenters. The Hall–Kier alpha value is -1.31. The maximum Gasteiger partial charge on any atom is 0.331 e. The fourth-order valence-electron chi connectivity index (χ4n) is 0.556. The van der Waals surface area contributed by atoms with Crippen LogP contribution >= 0.6 is 0 Å². The van der Waals surface area contributed by atoms with Crippen molar-refractivity contribution >= 4 is 5.97 Å². The van der Waals surface area contributed by atoms with Gasteiger partial charge in [0.15, 0.2) is 0 Å². The lowest BCUT2D eigenvalue weighted by atomic mass is 10.0. The fourth-order valence-corrected chi connectivity index (χ4v) is 0.556. The van der Waals surface area contributed by atoms with Crippen LogP contribution in [0.2, 0.25) is 0 Å². The second-order valence-electron chi connectivity index (χ2n) is 2.24. The first-order valence-corrected chi connectivity index (χ1v) is 3.31. The van der Waals surface area contributed by atoms with Gasteiger partial charge in [-0.2, -0.15) is 0 Å². The maximum absolute atomic E-state index is 10.3. The third kappa shape index (κ3) is 3.40. The van der Waals surface area contributed by atoms with Crippen molar-refractivity contribution in [1.29, 1.82) is 0 Å². The predicted molar refractivity (Wildman–Crippen MR) is 45.3 cm³/mol. The van der Waals surface area contributed by atoms with Crippen molar-refractivity contribution in [2.45, 2.75) is 6.92 Å². The van der Waals surface area contributed by atoms with Crippen LogP contribution in [0.5, 0.6) is 0 Å². The predicted octanol–water partition coefficient (Wildman–Crippen LogP) is 2.01. The highest BCUT2D eigenvalue weighted by molar-refractivity contribution is 5.86. The number of carboxylic acids is 1. The SMILES string of the molecule is C=CC=CC(C)C(=C)C(=O)O. The fraction of sp³-hybridized carbons (Fsp3) is 0.222. The first-order valence-electron chi connectivity index (χ1n) is 3.31. The monoisotopic (exact) mass is 152 g/mol. The third-order valence-electron chi connectivity index (χ3n) is 1.36. The molecule has 0 saturated carbocycles. The Morgan fingerprint density at radius 1 is 1.64 bits per heavy atom. The molecule has 2 nitrogen and oxygen atoms in total. The van der Waals surface area contributed by atoms with E-state index in [4.69, 9.17) is 5.11 Å². The Morgan fingerprint density at radius 3 is 2.55 bits per heavy atom. The molecule has 1 N–H and O–H groups in total. The summed E-state index contributed by atoms with van der Waals surface area (Å²) in [5.41, 5.74) is 0.197. The number of carboxylic acid groups (broad SMARTS) is 1. The summed E-state index contributed by atoms with van der Waals surface area (Å²) in [6.45, 7) is 8.67. The highest BCUT2D eigenvalue weighted by Gasteiger charge is 2.08. The molecule has 0 rings (SSSR count). The largest absolute Gasteiger partial charge is 0.478 e. The lowest BCUT2D eigenvalue weighted by molar-refractivity contribution is -0.133. The molecule has 0 bridgehead atoms. The molecule has 0 radical (unpaired) electrons. The highest BCUT2D eigenvalue weighted by atomic mass is 16.4. The number of hydrogen-bond donors (Lipinski definition) is 1. The number of rotatable bonds is 4. The van der Waals surface area contributed by atoms with E-state index >= 15 is 0 Å². The molecular formula is C9H12O2. The van der Waals surface area contributed by atoms with Gasteiger partial charge >= 0.3 is 5.97 Å². The van der Waals surface area contributed by atoms with Crippen molar-refractivity contribution < 1.29 is 9.90 Å². The lowest BCUT2D eigenvalue weighted by Crippen LogP contribution is -2.05. The minimum Gasteiger partial charge on any atom is -0.478 e. The van der Waals surface area contributed by atoms with Crippen molar-refractivity contribution in [3.05, 3.63) is 37.0 Å². The molecule has 60 valence electrons. The van der Waals surface area contributed by atoms with Crippen molar-refractivity contribution in [1.82, 2.24) is 0 Å². The average molecular weight is 152 g/mol. The van der Waals surface area contributed by atoms with Gasteiger partial charge in [0.25, 0.3) is 0 Å². The van der Waals surface area contributed by atoms with Crippen LogP contribution in [0.25, 0.3) is 0 Å².